The first-order valence-electron chi connectivity index (χ1n) is 10.7. The van der Waals surface area contributed by atoms with E-state index in [1.165, 1.54) is 34.3 Å². The fourth-order valence-electron chi connectivity index (χ4n) is 3.64. The molecule has 0 saturated heterocycles. The first-order valence-corrected chi connectivity index (χ1v) is 10.7. The Morgan fingerprint density at radius 1 is 1.12 bits per heavy atom. The van der Waals surface area contributed by atoms with Crippen molar-refractivity contribution < 1.29 is 23.9 Å². The number of benzene rings is 2. The molecule has 1 N–H and O–H groups in total. The molecule has 170 valence electrons. The number of nitrogens with one attached hydrogen (secondary N) is 1. The second-order valence-corrected chi connectivity index (χ2v) is 7.42. The van der Waals surface area contributed by atoms with Gasteiger partial charge in [-0.3, -0.25) is 14.5 Å². The Morgan fingerprint density at radius 2 is 1.91 bits per heavy atom. The molecule has 3 aromatic rings. The molecule has 33 heavy (non-hydrogen) atoms. The maximum Gasteiger partial charge on any atom is 0.421 e. The van der Waals surface area contributed by atoms with Crippen LogP contribution in [0.15, 0.2) is 61.2 Å². The minimum absolute atomic E-state index is 0.286. The predicted molar refractivity (Wildman–Crippen MR) is 120 cm³/mol. The van der Waals surface area contributed by atoms with Crippen molar-refractivity contribution in [3.8, 4) is 5.75 Å². The van der Waals surface area contributed by atoms with Crippen LogP contribution in [-0.4, -0.2) is 45.5 Å². The summed E-state index contributed by atoms with van der Waals surface area (Å²) in [7, 11) is 0. The van der Waals surface area contributed by atoms with E-state index in [9.17, 15) is 14.4 Å². The Balaban J connectivity index is 1.55. The summed E-state index contributed by atoms with van der Waals surface area (Å²) in [6.07, 6.45) is 3.44. The Kier molecular flexibility index (Phi) is 6.39. The monoisotopic (exact) mass is 448 g/mol. The molecule has 9 nitrogen and oxygen atoms in total. The minimum Gasteiger partial charge on any atom is -0.494 e. The van der Waals surface area contributed by atoms with Crippen LogP contribution in [-0.2, 0) is 4.74 Å². The highest BCUT2D eigenvalue weighted by molar-refractivity contribution is 6.07. The highest BCUT2D eigenvalue weighted by Gasteiger charge is 2.39. The zero-order chi connectivity index (χ0) is 23.4. The van der Waals surface area contributed by atoms with Crippen molar-refractivity contribution in [3.63, 3.8) is 0 Å². The minimum atomic E-state index is -0.870. The molecule has 0 fully saturated rings. The third kappa shape index (κ3) is 4.57. The lowest BCUT2D eigenvalue weighted by molar-refractivity contribution is 0.00287. The number of fused-ring (bicyclic) bond motifs is 1. The fraction of sp³-hybridized carbons (Fsp3) is 0.250. The number of hydrogen-bond donors (Lipinski definition) is 1. The Bertz CT molecular complexity index is 1160. The van der Waals surface area contributed by atoms with E-state index in [0.717, 1.165) is 0 Å². The number of hydrogen-bond acceptors (Lipinski definition) is 6. The number of nitrogens with zero attached hydrogens (tertiary/aromatic N) is 3. The molecule has 0 radical (unpaired) electrons. The van der Waals surface area contributed by atoms with Gasteiger partial charge in [-0.05, 0) is 49.7 Å². The summed E-state index contributed by atoms with van der Waals surface area (Å²) >= 11 is 0. The normalized spacial score (nSPS) is 14.7. The molecule has 1 aliphatic heterocycles. The zero-order valence-electron chi connectivity index (χ0n) is 18.4. The molecule has 1 atom stereocenters. The largest absolute Gasteiger partial charge is 0.494 e. The van der Waals surface area contributed by atoms with Crippen molar-refractivity contribution in [3.05, 3.63) is 77.9 Å². The summed E-state index contributed by atoms with van der Waals surface area (Å²) in [5.74, 6) is 0.0765. The molecule has 2 aromatic carbocycles. The summed E-state index contributed by atoms with van der Waals surface area (Å²) in [5, 5.41) is 2.82. The van der Waals surface area contributed by atoms with Gasteiger partial charge in [-0.2, -0.15) is 0 Å². The second-order valence-electron chi connectivity index (χ2n) is 7.42. The molecule has 2 amide bonds. The van der Waals surface area contributed by atoms with Gasteiger partial charge in [0, 0.05) is 41.3 Å². The van der Waals surface area contributed by atoms with Gasteiger partial charge in [0.25, 0.3) is 11.8 Å². The van der Waals surface area contributed by atoms with Crippen LogP contribution >= 0.6 is 0 Å². The van der Waals surface area contributed by atoms with E-state index in [-0.39, 0.29) is 11.8 Å². The average Bonchev–Trinajstić information content (AvgIpc) is 3.44. The molecule has 1 aromatic heterocycles. The van der Waals surface area contributed by atoms with E-state index < -0.39 is 12.3 Å². The number of ether oxygens (including phenoxy) is 2. The Morgan fingerprint density at radius 3 is 2.58 bits per heavy atom. The molecule has 0 aliphatic carbocycles. The number of carbonyl (C=O) groups is 3. The van der Waals surface area contributed by atoms with E-state index in [0.29, 0.717) is 47.7 Å². The van der Waals surface area contributed by atoms with Gasteiger partial charge in [-0.15, -0.1) is 0 Å². The zero-order valence-corrected chi connectivity index (χ0v) is 18.4. The molecule has 0 unspecified atom stereocenters. The van der Waals surface area contributed by atoms with Gasteiger partial charge in [0.1, 0.15) is 12.1 Å². The lowest BCUT2D eigenvalue weighted by atomic mass is 10.0. The smallest absolute Gasteiger partial charge is 0.421 e. The van der Waals surface area contributed by atoms with Gasteiger partial charge in [0.05, 0.1) is 6.61 Å². The maximum atomic E-state index is 13.1. The van der Waals surface area contributed by atoms with E-state index >= 15 is 0 Å². The molecule has 4 rings (SSSR count). The van der Waals surface area contributed by atoms with Gasteiger partial charge in [-0.25, -0.2) is 14.3 Å². The molecule has 1 aliphatic rings. The quantitative estimate of drug-likeness (QED) is 0.584. The van der Waals surface area contributed by atoms with Gasteiger partial charge in [-0.1, -0.05) is 13.0 Å². The van der Waals surface area contributed by atoms with Gasteiger partial charge >= 0.3 is 6.09 Å². The third-order valence-electron chi connectivity index (χ3n) is 5.17. The van der Waals surface area contributed by atoms with E-state index in [1.807, 2.05) is 13.8 Å². The molecular formula is C24H24N4O5. The van der Waals surface area contributed by atoms with Crippen LogP contribution < -0.4 is 10.1 Å². The fourth-order valence-corrected chi connectivity index (χ4v) is 3.64. The van der Waals surface area contributed by atoms with Gasteiger partial charge in [0.15, 0.2) is 0 Å². The van der Waals surface area contributed by atoms with E-state index in [2.05, 4.69) is 10.3 Å². The Hall–Kier alpha value is -4.14. The van der Waals surface area contributed by atoms with Crippen LogP contribution in [0.3, 0.4) is 0 Å². The van der Waals surface area contributed by atoms with Crippen LogP contribution in [0, 0.1) is 0 Å². The standard InChI is InChI=1S/C24H24N4O5/c1-3-12-28-22(30)20-14-16(21(29)26-17-6-8-18(9-7-17)32-4-2)5-10-19(20)23(28)33-24(31)27-13-11-25-15-27/h5-11,13-15,23H,3-4,12H2,1-2H3,(H,26,29)/t23-/m1/s1. The molecule has 0 saturated carbocycles. The predicted octanol–water partition coefficient (Wildman–Crippen LogP) is 4.08. The molecule has 0 bridgehead atoms. The van der Waals surface area contributed by atoms with Gasteiger partial charge < -0.3 is 14.8 Å². The number of anilines is 1. The number of imidazole rings is 1. The molecule has 9 heteroatoms. The van der Waals surface area contributed by atoms with Crippen LogP contribution in [0.4, 0.5) is 10.5 Å². The van der Waals surface area contributed by atoms with E-state index in [1.54, 1.807) is 36.4 Å². The molecule has 2 heterocycles. The SMILES string of the molecule is CCCN1C(=O)c2cc(C(=O)Nc3ccc(OCC)cc3)ccc2[C@H]1OC(=O)n1ccnc1. The van der Waals surface area contributed by atoms with Crippen molar-refractivity contribution in [2.24, 2.45) is 0 Å². The van der Waals surface area contributed by atoms with Crippen LogP contribution in [0.1, 0.15) is 52.8 Å². The summed E-state index contributed by atoms with van der Waals surface area (Å²) in [6.45, 7) is 4.79. The number of amides is 2. The lowest BCUT2D eigenvalue weighted by Crippen LogP contribution is -2.32. The molecular weight excluding hydrogens is 424 g/mol. The third-order valence-corrected chi connectivity index (χ3v) is 5.17. The highest BCUT2D eigenvalue weighted by Crippen LogP contribution is 2.35. The summed E-state index contributed by atoms with van der Waals surface area (Å²) < 4.78 is 12.2. The highest BCUT2D eigenvalue weighted by atomic mass is 16.6. The summed E-state index contributed by atoms with van der Waals surface area (Å²) in [6, 6.07) is 11.8. The first-order chi connectivity index (χ1) is 16.0. The van der Waals surface area contributed by atoms with Crippen molar-refractivity contribution in [1.82, 2.24) is 14.5 Å². The summed E-state index contributed by atoms with van der Waals surface area (Å²) in [5.41, 5.74) is 1.81. The van der Waals surface area contributed by atoms with E-state index in [4.69, 9.17) is 9.47 Å². The number of aromatic nitrogens is 2. The second kappa shape index (κ2) is 9.56. The number of carbonyl (C=O) groups excluding carboxylic acids is 3. The summed E-state index contributed by atoms with van der Waals surface area (Å²) in [4.78, 5) is 43.7. The van der Waals surface area contributed by atoms with Crippen LogP contribution in [0.2, 0.25) is 0 Å². The van der Waals surface area contributed by atoms with Crippen molar-refractivity contribution in [1.29, 1.82) is 0 Å². The van der Waals surface area contributed by atoms with Gasteiger partial charge in [0.2, 0.25) is 6.23 Å². The lowest BCUT2D eigenvalue weighted by Gasteiger charge is -2.24. The van der Waals surface area contributed by atoms with Crippen LogP contribution in [0.25, 0.3) is 0 Å². The van der Waals surface area contributed by atoms with Crippen molar-refractivity contribution >= 4 is 23.6 Å². The maximum absolute atomic E-state index is 13.1. The van der Waals surface area contributed by atoms with Crippen molar-refractivity contribution in [2.45, 2.75) is 26.5 Å². The topological polar surface area (TPSA) is 103 Å². The van der Waals surface area contributed by atoms with Crippen LogP contribution in [0.5, 0.6) is 5.75 Å². The molecule has 0 spiro atoms. The number of rotatable bonds is 7. The Labute approximate surface area is 190 Å². The first kappa shape index (κ1) is 22.1. The van der Waals surface area contributed by atoms with Crippen molar-refractivity contribution in [2.75, 3.05) is 18.5 Å². The average molecular weight is 448 g/mol.